The molecule has 1 saturated heterocycles. The van der Waals surface area contributed by atoms with Crippen molar-refractivity contribution in [1.29, 1.82) is 0 Å². The smallest absolute Gasteiger partial charge is 0.0234 e. The van der Waals surface area contributed by atoms with Gasteiger partial charge >= 0.3 is 0 Å². The van der Waals surface area contributed by atoms with Gasteiger partial charge in [0.15, 0.2) is 0 Å². The van der Waals surface area contributed by atoms with Crippen LogP contribution >= 0.6 is 0 Å². The predicted molar refractivity (Wildman–Crippen MR) is 88.3 cm³/mol. The maximum absolute atomic E-state index is 3.70. The second-order valence-corrected chi connectivity index (χ2v) is 5.90. The van der Waals surface area contributed by atoms with Crippen molar-refractivity contribution in [3.8, 4) is 0 Å². The van der Waals surface area contributed by atoms with Crippen molar-refractivity contribution in [2.24, 2.45) is 0 Å². The van der Waals surface area contributed by atoms with E-state index < -0.39 is 0 Å². The van der Waals surface area contributed by atoms with Gasteiger partial charge in [-0.3, -0.25) is 4.90 Å². The Kier molecular flexibility index (Phi) is 5.03. The monoisotopic (exact) mass is 280 g/mol. The Bertz CT molecular complexity index is 524. The number of hydrogen-bond acceptors (Lipinski definition) is 2. The number of hydrogen-bond donors (Lipinski definition) is 1. The van der Waals surface area contributed by atoms with Gasteiger partial charge in [-0.2, -0.15) is 0 Å². The third-order valence-electron chi connectivity index (χ3n) is 4.21. The molecule has 1 heterocycles. The van der Waals surface area contributed by atoms with Crippen LogP contribution in [0.15, 0.2) is 60.7 Å². The molecule has 0 radical (unpaired) electrons. The summed E-state index contributed by atoms with van der Waals surface area (Å²) in [5, 5.41) is 3.70. The summed E-state index contributed by atoms with van der Waals surface area (Å²) in [4.78, 5) is 2.55. The Hall–Kier alpha value is -1.64. The minimum absolute atomic E-state index is 0.650. The molecule has 1 N–H and O–H groups in total. The van der Waals surface area contributed by atoms with E-state index in [0.29, 0.717) is 6.04 Å². The molecule has 0 unspecified atom stereocenters. The van der Waals surface area contributed by atoms with Crippen molar-refractivity contribution in [2.45, 2.75) is 25.4 Å². The van der Waals surface area contributed by atoms with Crippen molar-refractivity contribution in [3.63, 3.8) is 0 Å². The minimum atomic E-state index is 0.650. The van der Waals surface area contributed by atoms with Crippen LogP contribution < -0.4 is 5.32 Å². The zero-order valence-electron chi connectivity index (χ0n) is 12.5. The Morgan fingerprint density at radius 2 is 1.57 bits per heavy atom. The fraction of sp³-hybridized carbons (Fsp3) is 0.368. The lowest BCUT2D eigenvalue weighted by atomic mass is 10.1. The van der Waals surface area contributed by atoms with E-state index in [0.717, 1.165) is 19.5 Å². The van der Waals surface area contributed by atoms with E-state index in [1.807, 2.05) is 0 Å². The second-order valence-electron chi connectivity index (χ2n) is 5.90. The maximum Gasteiger partial charge on any atom is 0.0234 e. The van der Waals surface area contributed by atoms with Crippen molar-refractivity contribution in [2.75, 3.05) is 19.6 Å². The van der Waals surface area contributed by atoms with Gasteiger partial charge in [0.2, 0.25) is 0 Å². The summed E-state index contributed by atoms with van der Waals surface area (Å²) < 4.78 is 0. The molecule has 0 amide bonds. The molecule has 0 bridgehead atoms. The highest BCUT2D eigenvalue weighted by atomic mass is 15.2. The first-order valence-corrected chi connectivity index (χ1v) is 7.94. The van der Waals surface area contributed by atoms with Gasteiger partial charge in [-0.1, -0.05) is 60.7 Å². The lowest BCUT2D eigenvalue weighted by molar-refractivity contribution is 0.320. The van der Waals surface area contributed by atoms with Crippen LogP contribution in [0.5, 0.6) is 0 Å². The van der Waals surface area contributed by atoms with Gasteiger partial charge in [0, 0.05) is 25.7 Å². The van der Waals surface area contributed by atoms with Crippen molar-refractivity contribution < 1.29 is 0 Å². The summed E-state index contributed by atoms with van der Waals surface area (Å²) in [6.45, 7) is 4.53. The van der Waals surface area contributed by atoms with Crippen LogP contribution in [0.25, 0.3) is 0 Å². The molecule has 1 atom stereocenters. The normalized spacial score (nSPS) is 19.0. The molecule has 1 aliphatic heterocycles. The highest BCUT2D eigenvalue weighted by Gasteiger charge is 2.21. The lowest BCUT2D eigenvalue weighted by Gasteiger charge is -2.16. The van der Waals surface area contributed by atoms with Crippen LogP contribution in [0.4, 0.5) is 0 Å². The van der Waals surface area contributed by atoms with Gasteiger partial charge in [-0.15, -0.1) is 0 Å². The van der Waals surface area contributed by atoms with Crippen LogP contribution in [0.2, 0.25) is 0 Å². The summed E-state index contributed by atoms with van der Waals surface area (Å²) in [5.74, 6) is 0. The molecule has 0 aromatic heterocycles. The Morgan fingerprint density at radius 1 is 0.905 bits per heavy atom. The first-order chi connectivity index (χ1) is 10.4. The molecular weight excluding hydrogens is 256 g/mol. The summed E-state index contributed by atoms with van der Waals surface area (Å²) in [6.07, 6.45) is 2.39. The Labute approximate surface area is 127 Å². The topological polar surface area (TPSA) is 15.3 Å². The molecule has 1 aliphatic rings. The van der Waals surface area contributed by atoms with Gasteiger partial charge in [0.25, 0.3) is 0 Å². The van der Waals surface area contributed by atoms with Crippen molar-refractivity contribution in [3.05, 3.63) is 71.8 Å². The molecular formula is C19H24N2. The van der Waals surface area contributed by atoms with E-state index in [4.69, 9.17) is 0 Å². The largest absolute Gasteiger partial charge is 0.312 e. The number of nitrogens with zero attached hydrogens (tertiary/aromatic N) is 1. The number of likely N-dealkylation sites (tertiary alicyclic amines) is 1. The molecule has 2 nitrogen and oxygen atoms in total. The highest BCUT2D eigenvalue weighted by molar-refractivity contribution is 5.15. The summed E-state index contributed by atoms with van der Waals surface area (Å²) in [7, 11) is 0. The molecule has 0 aliphatic carbocycles. The third kappa shape index (κ3) is 4.42. The fourth-order valence-corrected chi connectivity index (χ4v) is 3.05. The van der Waals surface area contributed by atoms with Crippen LogP contribution in [0, 0.1) is 0 Å². The lowest BCUT2D eigenvalue weighted by Crippen LogP contribution is -2.33. The molecule has 21 heavy (non-hydrogen) atoms. The zero-order chi connectivity index (χ0) is 14.3. The standard InChI is InChI=1S/C19H24N2/c1-3-7-17(8-4-1)11-13-20-19-12-14-21(16-19)15-18-9-5-2-6-10-18/h1-10,19-20H,11-16H2/t19-/m0/s1. The van der Waals surface area contributed by atoms with Gasteiger partial charge in [0.05, 0.1) is 0 Å². The molecule has 2 aromatic carbocycles. The molecule has 3 rings (SSSR count). The van der Waals surface area contributed by atoms with Crippen LogP contribution in [-0.4, -0.2) is 30.6 Å². The fourth-order valence-electron chi connectivity index (χ4n) is 3.05. The van der Waals surface area contributed by atoms with E-state index >= 15 is 0 Å². The quantitative estimate of drug-likeness (QED) is 0.875. The number of benzene rings is 2. The van der Waals surface area contributed by atoms with Gasteiger partial charge in [-0.25, -0.2) is 0 Å². The molecule has 110 valence electrons. The third-order valence-corrected chi connectivity index (χ3v) is 4.21. The molecule has 1 fully saturated rings. The number of nitrogens with one attached hydrogen (secondary N) is 1. The first-order valence-electron chi connectivity index (χ1n) is 7.94. The van der Waals surface area contributed by atoms with Crippen molar-refractivity contribution >= 4 is 0 Å². The number of rotatable bonds is 6. The van der Waals surface area contributed by atoms with E-state index in [2.05, 4.69) is 70.9 Å². The van der Waals surface area contributed by atoms with Gasteiger partial charge in [-0.05, 0) is 30.5 Å². The van der Waals surface area contributed by atoms with Crippen LogP contribution in [0.3, 0.4) is 0 Å². The van der Waals surface area contributed by atoms with Gasteiger partial charge in [0.1, 0.15) is 0 Å². The minimum Gasteiger partial charge on any atom is -0.312 e. The molecule has 0 spiro atoms. The van der Waals surface area contributed by atoms with E-state index in [1.165, 1.54) is 30.6 Å². The first kappa shape index (κ1) is 14.3. The second kappa shape index (κ2) is 7.39. The highest BCUT2D eigenvalue weighted by Crippen LogP contribution is 2.13. The summed E-state index contributed by atoms with van der Waals surface area (Å²) in [5.41, 5.74) is 2.84. The average Bonchev–Trinajstić information content (AvgIpc) is 2.97. The van der Waals surface area contributed by atoms with Gasteiger partial charge < -0.3 is 5.32 Å². The zero-order valence-corrected chi connectivity index (χ0v) is 12.5. The molecule has 0 saturated carbocycles. The predicted octanol–water partition coefficient (Wildman–Crippen LogP) is 3.09. The summed E-state index contributed by atoms with van der Waals surface area (Å²) >= 11 is 0. The Morgan fingerprint density at radius 3 is 2.29 bits per heavy atom. The molecule has 2 aromatic rings. The summed E-state index contributed by atoms with van der Waals surface area (Å²) in [6, 6.07) is 22.2. The van der Waals surface area contributed by atoms with E-state index in [-0.39, 0.29) is 0 Å². The van der Waals surface area contributed by atoms with Crippen LogP contribution in [-0.2, 0) is 13.0 Å². The SMILES string of the molecule is c1ccc(CCN[C@H]2CCN(Cc3ccccc3)C2)cc1. The van der Waals surface area contributed by atoms with Crippen LogP contribution in [0.1, 0.15) is 17.5 Å². The van der Waals surface area contributed by atoms with Crippen molar-refractivity contribution in [1.82, 2.24) is 10.2 Å². The van der Waals surface area contributed by atoms with E-state index in [1.54, 1.807) is 0 Å². The Balaban J connectivity index is 1.39. The van der Waals surface area contributed by atoms with E-state index in [9.17, 15) is 0 Å². The maximum atomic E-state index is 3.70. The average molecular weight is 280 g/mol. The molecule has 2 heteroatoms.